The number of rotatable bonds is 1. The molecule has 0 aliphatic carbocycles. The van der Waals surface area contributed by atoms with Crippen LogP contribution in [0.25, 0.3) is 0 Å². The minimum Gasteiger partial charge on any atom is -0.396 e. The molecule has 0 radical (unpaired) electrons. The van der Waals surface area contributed by atoms with Gasteiger partial charge < -0.3 is 5.73 Å². The standard InChI is InChI=1S/C7H7F2NOS/c1-12(11)5-3-2-4(10)6(8)7(5)9/h2-3H,10H2,1H3. The van der Waals surface area contributed by atoms with Gasteiger partial charge in [0, 0.05) is 6.26 Å². The van der Waals surface area contributed by atoms with Crippen molar-refractivity contribution in [2.75, 3.05) is 12.0 Å². The SMILES string of the molecule is CS(=O)c1ccc(N)c(F)c1F. The molecule has 2 N–H and O–H groups in total. The molecule has 0 aliphatic heterocycles. The second-order valence-corrected chi connectivity index (χ2v) is 3.58. The van der Waals surface area contributed by atoms with E-state index in [9.17, 15) is 13.0 Å². The Morgan fingerprint density at radius 3 is 2.42 bits per heavy atom. The predicted octanol–water partition coefficient (Wildman–Crippen LogP) is 1.28. The molecule has 1 aromatic carbocycles. The van der Waals surface area contributed by atoms with E-state index in [1.807, 2.05) is 0 Å². The molecule has 0 aromatic heterocycles. The van der Waals surface area contributed by atoms with Gasteiger partial charge >= 0.3 is 0 Å². The molecule has 1 aromatic rings. The van der Waals surface area contributed by atoms with Crippen LogP contribution in [0.4, 0.5) is 14.5 Å². The smallest absolute Gasteiger partial charge is 0.182 e. The summed E-state index contributed by atoms with van der Waals surface area (Å²) in [6, 6.07) is 2.40. The van der Waals surface area contributed by atoms with Crippen LogP contribution in [0.5, 0.6) is 0 Å². The monoisotopic (exact) mass is 191 g/mol. The molecule has 0 bridgehead atoms. The molecule has 0 heterocycles. The molecule has 0 spiro atoms. The molecule has 2 nitrogen and oxygen atoms in total. The second-order valence-electron chi connectivity index (χ2n) is 2.24. The van der Waals surface area contributed by atoms with Crippen molar-refractivity contribution in [2.45, 2.75) is 4.90 Å². The minimum atomic E-state index is -1.53. The van der Waals surface area contributed by atoms with E-state index in [4.69, 9.17) is 5.73 Å². The average Bonchev–Trinajstić information content (AvgIpc) is 2.00. The van der Waals surface area contributed by atoms with Crippen LogP contribution in [0.15, 0.2) is 17.0 Å². The summed E-state index contributed by atoms with van der Waals surface area (Å²) in [6.07, 6.45) is 1.27. The van der Waals surface area contributed by atoms with Crippen molar-refractivity contribution in [3.63, 3.8) is 0 Å². The van der Waals surface area contributed by atoms with E-state index in [1.54, 1.807) is 0 Å². The fraction of sp³-hybridized carbons (Fsp3) is 0.143. The van der Waals surface area contributed by atoms with Crippen LogP contribution in [-0.4, -0.2) is 10.5 Å². The summed E-state index contributed by atoms with van der Waals surface area (Å²) < 4.78 is 36.4. The third-order valence-electron chi connectivity index (χ3n) is 1.39. The minimum absolute atomic E-state index is 0.165. The molecule has 0 saturated carbocycles. The van der Waals surface area contributed by atoms with Gasteiger partial charge in [0.1, 0.15) is 0 Å². The summed E-state index contributed by atoms with van der Waals surface area (Å²) in [5.41, 5.74) is 4.80. The van der Waals surface area contributed by atoms with Crippen molar-refractivity contribution in [2.24, 2.45) is 0 Å². The molecular formula is C7H7F2NOS. The summed E-state index contributed by atoms with van der Waals surface area (Å²) in [5, 5.41) is 0. The fourth-order valence-electron chi connectivity index (χ4n) is 0.769. The molecule has 1 rings (SSSR count). The van der Waals surface area contributed by atoms with E-state index in [0.717, 1.165) is 0 Å². The predicted molar refractivity (Wildman–Crippen MR) is 43.1 cm³/mol. The van der Waals surface area contributed by atoms with E-state index >= 15 is 0 Å². The van der Waals surface area contributed by atoms with E-state index in [1.165, 1.54) is 18.4 Å². The van der Waals surface area contributed by atoms with Crippen molar-refractivity contribution in [1.82, 2.24) is 0 Å². The average molecular weight is 191 g/mol. The van der Waals surface area contributed by atoms with Gasteiger partial charge in [-0.3, -0.25) is 4.21 Å². The lowest BCUT2D eigenvalue weighted by atomic mass is 10.3. The molecule has 0 aliphatic rings. The zero-order valence-electron chi connectivity index (χ0n) is 6.30. The Morgan fingerprint density at radius 2 is 1.92 bits per heavy atom. The highest BCUT2D eigenvalue weighted by Gasteiger charge is 2.13. The van der Waals surface area contributed by atoms with Crippen molar-refractivity contribution >= 4 is 16.5 Å². The van der Waals surface area contributed by atoms with Crippen LogP contribution >= 0.6 is 0 Å². The van der Waals surface area contributed by atoms with E-state index in [2.05, 4.69) is 0 Å². The van der Waals surface area contributed by atoms with Gasteiger partial charge in [-0.25, -0.2) is 8.78 Å². The summed E-state index contributed by atoms with van der Waals surface area (Å²) in [4.78, 5) is -0.165. The molecule has 0 fully saturated rings. The molecule has 0 amide bonds. The zero-order chi connectivity index (χ0) is 9.30. The Hall–Kier alpha value is -0.970. The number of anilines is 1. The highest BCUT2D eigenvalue weighted by molar-refractivity contribution is 7.84. The summed E-state index contributed by atoms with van der Waals surface area (Å²) in [7, 11) is -1.53. The van der Waals surface area contributed by atoms with Crippen LogP contribution in [0.1, 0.15) is 0 Å². The number of nitrogen functional groups attached to an aromatic ring is 1. The second kappa shape index (κ2) is 3.18. The molecule has 0 saturated heterocycles. The third-order valence-corrected chi connectivity index (χ3v) is 2.32. The Balaban J connectivity index is 3.36. The first-order valence-electron chi connectivity index (χ1n) is 3.11. The van der Waals surface area contributed by atoms with E-state index < -0.39 is 22.4 Å². The number of benzene rings is 1. The maximum atomic E-state index is 12.9. The molecule has 1 unspecified atom stereocenters. The molecule has 1 atom stereocenters. The van der Waals surface area contributed by atoms with Gasteiger partial charge in [-0.05, 0) is 12.1 Å². The Bertz CT molecular complexity index is 340. The van der Waals surface area contributed by atoms with Crippen LogP contribution in [0, 0.1) is 11.6 Å². The van der Waals surface area contributed by atoms with Gasteiger partial charge in [0.2, 0.25) is 0 Å². The first-order valence-corrected chi connectivity index (χ1v) is 4.66. The quantitative estimate of drug-likeness (QED) is 0.679. The highest BCUT2D eigenvalue weighted by atomic mass is 32.2. The van der Waals surface area contributed by atoms with Crippen LogP contribution in [-0.2, 0) is 10.8 Å². The lowest BCUT2D eigenvalue weighted by Crippen LogP contribution is -2.00. The van der Waals surface area contributed by atoms with Gasteiger partial charge in [0.15, 0.2) is 11.6 Å². The molecular weight excluding hydrogens is 184 g/mol. The van der Waals surface area contributed by atoms with Gasteiger partial charge in [0.05, 0.1) is 21.4 Å². The summed E-state index contributed by atoms with van der Waals surface area (Å²) in [5.74, 6) is -2.27. The number of hydrogen-bond acceptors (Lipinski definition) is 2. The van der Waals surface area contributed by atoms with Gasteiger partial charge in [-0.15, -0.1) is 0 Å². The third kappa shape index (κ3) is 1.45. The number of hydrogen-bond donors (Lipinski definition) is 1. The Labute approximate surface area is 70.8 Å². The van der Waals surface area contributed by atoms with E-state index in [0.29, 0.717) is 0 Å². The summed E-state index contributed by atoms with van der Waals surface area (Å²) >= 11 is 0. The molecule has 66 valence electrons. The van der Waals surface area contributed by atoms with Crippen LogP contribution in [0.2, 0.25) is 0 Å². The summed E-state index contributed by atoms with van der Waals surface area (Å²) in [6.45, 7) is 0. The molecule has 12 heavy (non-hydrogen) atoms. The van der Waals surface area contributed by atoms with Crippen molar-refractivity contribution in [3.8, 4) is 0 Å². The van der Waals surface area contributed by atoms with Crippen molar-refractivity contribution in [1.29, 1.82) is 0 Å². The maximum absolute atomic E-state index is 12.9. The topological polar surface area (TPSA) is 43.1 Å². The van der Waals surface area contributed by atoms with Crippen LogP contribution in [0.3, 0.4) is 0 Å². The lowest BCUT2D eigenvalue weighted by molar-refractivity contribution is 0.493. The molecule has 5 heteroatoms. The van der Waals surface area contributed by atoms with Gasteiger partial charge in [-0.2, -0.15) is 0 Å². The zero-order valence-corrected chi connectivity index (χ0v) is 7.12. The lowest BCUT2D eigenvalue weighted by Gasteiger charge is -2.01. The normalized spacial score (nSPS) is 12.9. The first kappa shape index (κ1) is 9.12. The largest absolute Gasteiger partial charge is 0.396 e. The van der Waals surface area contributed by atoms with Crippen LogP contribution < -0.4 is 5.73 Å². The van der Waals surface area contributed by atoms with Crippen molar-refractivity contribution in [3.05, 3.63) is 23.8 Å². The first-order chi connectivity index (χ1) is 5.54. The van der Waals surface area contributed by atoms with E-state index in [-0.39, 0.29) is 10.6 Å². The Kier molecular flexibility index (Phi) is 2.42. The van der Waals surface area contributed by atoms with Gasteiger partial charge in [0.25, 0.3) is 0 Å². The number of halogens is 2. The Morgan fingerprint density at radius 1 is 1.33 bits per heavy atom. The number of nitrogens with two attached hydrogens (primary N) is 1. The maximum Gasteiger partial charge on any atom is 0.182 e. The van der Waals surface area contributed by atoms with Gasteiger partial charge in [-0.1, -0.05) is 0 Å². The van der Waals surface area contributed by atoms with Crippen molar-refractivity contribution < 1.29 is 13.0 Å². The highest BCUT2D eigenvalue weighted by Crippen LogP contribution is 2.19. The fourth-order valence-corrected chi connectivity index (χ4v) is 1.37.